The average molecular weight is 161 g/mol. The standard InChI is InChI=1S/C6H12NO2P/c8-6(9)5-2-1-3-7(10)4-5/h5H,1-4,10H2,(H,8,9). The van der Waals surface area contributed by atoms with E-state index < -0.39 is 5.97 Å². The van der Waals surface area contributed by atoms with Crippen molar-refractivity contribution in [2.75, 3.05) is 13.1 Å². The summed E-state index contributed by atoms with van der Waals surface area (Å²) in [5.74, 6) is -0.807. The van der Waals surface area contributed by atoms with Crippen LogP contribution in [0.15, 0.2) is 0 Å². The zero-order valence-corrected chi connectivity index (χ0v) is 6.94. The predicted molar refractivity (Wildman–Crippen MR) is 41.6 cm³/mol. The second kappa shape index (κ2) is 3.31. The zero-order chi connectivity index (χ0) is 7.56. The minimum Gasteiger partial charge on any atom is -0.481 e. The number of carboxylic acids is 1. The molecule has 1 aliphatic rings. The lowest BCUT2D eigenvalue weighted by Crippen LogP contribution is -2.32. The van der Waals surface area contributed by atoms with Crippen LogP contribution in [0.1, 0.15) is 12.8 Å². The Morgan fingerprint density at radius 3 is 2.80 bits per heavy atom. The summed E-state index contributed by atoms with van der Waals surface area (Å²) in [6.45, 7) is 1.69. The van der Waals surface area contributed by atoms with Gasteiger partial charge in [0, 0.05) is 13.1 Å². The monoisotopic (exact) mass is 161 g/mol. The Balaban J connectivity index is 2.39. The van der Waals surface area contributed by atoms with Gasteiger partial charge in [0.25, 0.3) is 0 Å². The van der Waals surface area contributed by atoms with Crippen LogP contribution in [0.3, 0.4) is 0 Å². The minimum absolute atomic E-state index is 0.147. The average Bonchev–Trinajstić information content (AvgIpc) is 1.88. The van der Waals surface area contributed by atoms with Crippen molar-refractivity contribution in [1.29, 1.82) is 0 Å². The maximum atomic E-state index is 10.5. The van der Waals surface area contributed by atoms with Gasteiger partial charge >= 0.3 is 5.97 Å². The van der Waals surface area contributed by atoms with E-state index in [-0.39, 0.29) is 5.92 Å². The summed E-state index contributed by atoms with van der Waals surface area (Å²) < 4.78 is 1.99. The molecule has 4 heteroatoms. The van der Waals surface area contributed by atoms with E-state index in [0.29, 0.717) is 6.54 Å². The van der Waals surface area contributed by atoms with Gasteiger partial charge < -0.3 is 5.11 Å². The van der Waals surface area contributed by atoms with E-state index in [1.807, 2.05) is 4.67 Å². The fraction of sp³-hybridized carbons (Fsp3) is 0.833. The van der Waals surface area contributed by atoms with Crippen molar-refractivity contribution in [3.63, 3.8) is 0 Å². The van der Waals surface area contributed by atoms with Gasteiger partial charge in [0.15, 0.2) is 0 Å². The molecule has 0 aromatic carbocycles. The Morgan fingerprint density at radius 2 is 2.40 bits per heavy atom. The third-order valence-electron chi connectivity index (χ3n) is 1.80. The van der Waals surface area contributed by atoms with Crippen LogP contribution in [0.2, 0.25) is 0 Å². The van der Waals surface area contributed by atoms with Crippen LogP contribution in [0.25, 0.3) is 0 Å². The Hall–Kier alpha value is -0.140. The Morgan fingerprint density at radius 1 is 1.70 bits per heavy atom. The van der Waals surface area contributed by atoms with Gasteiger partial charge in [-0.15, -0.1) is 0 Å². The largest absolute Gasteiger partial charge is 0.481 e. The van der Waals surface area contributed by atoms with Crippen LogP contribution in [-0.4, -0.2) is 28.8 Å². The van der Waals surface area contributed by atoms with Gasteiger partial charge in [-0.2, -0.15) is 0 Å². The molecule has 58 valence electrons. The molecule has 2 atom stereocenters. The summed E-state index contributed by atoms with van der Waals surface area (Å²) >= 11 is 0. The quantitative estimate of drug-likeness (QED) is 0.571. The maximum Gasteiger partial charge on any atom is 0.307 e. The van der Waals surface area contributed by atoms with Gasteiger partial charge in [-0.3, -0.25) is 9.46 Å². The second-order valence-corrected chi connectivity index (χ2v) is 3.40. The van der Waals surface area contributed by atoms with Crippen LogP contribution in [0.4, 0.5) is 0 Å². The summed E-state index contributed by atoms with van der Waals surface area (Å²) in [6.07, 6.45) is 1.83. The number of carboxylic acid groups (broad SMARTS) is 1. The van der Waals surface area contributed by atoms with E-state index in [0.717, 1.165) is 19.4 Å². The van der Waals surface area contributed by atoms with Crippen LogP contribution in [0, 0.1) is 5.92 Å². The first-order valence-corrected chi connectivity index (χ1v) is 3.94. The summed E-state index contributed by atoms with van der Waals surface area (Å²) in [5.41, 5.74) is 0. The van der Waals surface area contributed by atoms with Crippen LogP contribution in [-0.2, 0) is 4.79 Å². The van der Waals surface area contributed by atoms with Gasteiger partial charge in [0.1, 0.15) is 0 Å². The molecule has 0 aromatic rings. The summed E-state index contributed by atoms with van der Waals surface area (Å²) in [6, 6.07) is 0. The minimum atomic E-state index is -0.660. The normalized spacial score (nSPS) is 28.3. The SMILES string of the molecule is O=C(O)C1CCCN(P)C1. The Kier molecular flexibility index (Phi) is 2.64. The number of carbonyl (C=O) groups is 1. The second-order valence-electron chi connectivity index (χ2n) is 2.67. The van der Waals surface area contributed by atoms with Gasteiger partial charge in [-0.1, -0.05) is 9.39 Å². The van der Waals surface area contributed by atoms with E-state index >= 15 is 0 Å². The molecule has 1 fully saturated rings. The van der Waals surface area contributed by atoms with Crippen molar-refractivity contribution in [2.24, 2.45) is 5.92 Å². The lowest BCUT2D eigenvalue weighted by atomic mass is 10.0. The molecule has 1 aliphatic heterocycles. The van der Waals surface area contributed by atoms with Gasteiger partial charge in [-0.05, 0) is 12.8 Å². The van der Waals surface area contributed by atoms with Crippen molar-refractivity contribution < 1.29 is 9.90 Å². The smallest absolute Gasteiger partial charge is 0.307 e. The molecule has 0 aliphatic carbocycles. The lowest BCUT2D eigenvalue weighted by molar-refractivity contribution is -0.142. The Bertz CT molecular complexity index is 140. The first kappa shape index (κ1) is 7.96. The molecular formula is C6H12NO2P. The highest BCUT2D eigenvalue weighted by molar-refractivity contribution is 7.13. The Labute approximate surface area is 62.7 Å². The third kappa shape index (κ3) is 1.93. The van der Waals surface area contributed by atoms with Crippen molar-refractivity contribution in [1.82, 2.24) is 4.67 Å². The fourth-order valence-electron chi connectivity index (χ4n) is 1.21. The van der Waals surface area contributed by atoms with E-state index in [2.05, 4.69) is 9.39 Å². The van der Waals surface area contributed by atoms with Gasteiger partial charge in [0.2, 0.25) is 0 Å². The van der Waals surface area contributed by atoms with E-state index in [9.17, 15) is 4.79 Å². The molecular weight excluding hydrogens is 149 g/mol. The molecule has 0 spiro atoms. The van der Waals surface area contributed by atoms with Gasteiger partial charge in [0.05, 0.1) is 5.92 Å². The lowest BCUT2D eigenvalue weighted by Gasteiger charge is -2.26. The van der Waals surface area contributed by atoms with E-state index in [1.54, 1.807) is 0 Å². The molecule has 1 heterocycles. The number of hydrogen-bond acceptors (Lipinski definition) is 2. The molecule has 1 rings (SSSR count). The fourth-order valence-corrected chi connectivity index (χ4v) is 1.65. The number of hydrogen-bond donors (Lipinski definition) is 1. The molecule has 0 saturated carbocycles. The number of rotatable bonds is 1. The highest BCUT2D eigenvalue weighted by Crippen LogP contribution is 2.18. The molecule has 0 aromatic heterocycles. The molecule has 0 bridgehead atoms. The van der Waals surface area contributed by atoms with E-state index in [1.165, 1.54) is 0 Å². The molecule has 1 N–H and O–H groups in total. The van der Waals surface area contributed by atoms with Crippen LogP contribution < -0.4 is 0 Å². The van der Waals surface area contributed by atoms with Crippen molar-refractivity contribution >= 4 is 15.4 Å². The highest BCUT2D eigenvalue weighted by Gasteiger charge is 2.22. The number of nitrogens with zero attached hydrogens (tertiary/aromatic N) is 1. The highest BCUT2D eigenvalue weighted by atomic mass is 31.0. The first-order chi connectivity index (χ1) is 4.70. The topological polar surface area (TPSA) is 40.5 Å². The maximum absolute atomic E-state index is 10.5. The van der Waals surface area contributed by atoms with Crippen molar-refractivity contribution in [2.45, 2.75) is 12.8 Å². The molecule has 10 heavy (non-hydrogen) atoms. The molecule has 2 unspecified atom stereocenters. The first-order valence-electron chi connectivity index (χ1n) is 3.42. The predicted octanol–water partition coefficient (Wildman–Crippen LogP) is 0.573. The third-order valence-corrected chi connectivity index (χ3v) is 2.27. The summed E-state index contributed by atoms with van der Waals surface area (Å²) in [4.78, 5) is 10.5. The van der Waals surface area contributed by atoms with Crippen LogP contribution in [0.5, 0.6) is 0 Å². The van der Waals surface area contributed by atoms with Crippen LogP contribution >= 0.6 is 9.39 Å². The van der Waals surface area contributed by atoms with Crippen molar-refractivity contribution in [3.8, 4) is 0 Å². The van der Waals surface area contributed by atoms with Crippen molar-refractivity contribution in [3.05, 3.63) is 0 Å². The number of piperidine rings is 1. The molecule has 0 radical (unpaired) electrons. The summed E-state index contributed by atoms with van der Waals surface area (Å²) in [7, 11) is 2.54. The molecule has 3 nitrogen and oxygen atoms in total. The zero-order valence-electron chi connectivity index (χ0n) is 5.79. The van der Waals surface area contributed by atoms with E-state index in [4.69, 9.17) is 5.11 Å². The summed E-state index contributed by atoms with van der Waals surface area (Å²) in [5, 5.41) is 8.62. The molecule has 0 amide bonds. The number of aliphatic carboxylic acids is 1. The van der Waals surface area contributed by atoms with Gasteiger partial charge in [-0.25, -0.2) is 0 Å². The molecule has 1 saturated heterocycles.